The highest BCUT2D eigenvalue weighted by Gasteiger charge is 2.41. The molecule has 0 aliphatic carbocycles. The van der Waals surface area contributed by atoms with Crippen LogP contribution in [0.1, 0.15) is 64.9 Å². The van der Waals surface area contributed by atoms with Gasteiger partial charge < -0.3 is 10.0 Å². The number of nitrogens with zero attached hydrogens (tertiary/aromatic N) is 1. The van der Waals surface area contributed by atoms with Gasteiger partial charge in [0, 0.05) is 11.2 Å². The van der Waals surface area contributed by atoms with Crippen molar-refractivity contribution in [2.45, 2.75) is 70.9 Å². The number of para-hydroxylation sites is 1. The molecular weight excluding hydrogens is 262 g/mol. The van der Waals surface area contributed by atoms with Gasteiger partial charge in [-0.3, -0.25) is 0 Å². The normalized spacial score (nSPS) is 21.7. The average Bonchev–Trinajstić information content (AvgIpc) is 2.41. The van der Waals surface area contributed by atoms with E-state index in [4.69, 9.17) is 0 Å². The van der Waals surface area contributed by atoms with Crippen LogP contribution in [0.4, 0.5) is 5.69 Å². The number of hydrogen-bond donors (Lipinski definition) is 1. The van der Waals surface area contributed by atoms with Crippen LogP contribution in [0.2, 0.25) is 0 Å². The molecule has 0 saturated carbocycles. The first-order valence-corrected chi connectivity index (χ1v) is 7.99. The molecule has 1 heterocycles. The van der Waals surface area contributed by atoms with Gasteiger partial charge in [-0.15, -0.1) is 0 Å². The van der Waals surface area contributed by atoms with Crippen LogP contribution < -0.4 is 4.90 Å². The average molecular weight is 289 g/mol. The number of aliphatic carboxylic acids is 1. The number of anilines is 1. The van der Waals surface area contributed by atoms with Crippen molar-refractivity contribution in [1.82, 2.24) is 0 Å². The van der Waals surface area contributed by atoms with E-state index in [1.54, 1.807) is 0 Å². The fourth-order valence-electron chi connectivity index (χ4n) is 3.76. The van der Waals surface area contributed by atoms with Crippen molar-refractivity contribution >= 4 is 11.7 Å². The molecule has 1 aromatic carbocycles. The van der Waals surface area contributed by atoms with Gasteiger partial charge in [0.2, 0.25) is 0 Å². The number of hydrogen-bond acceptors (Lipinski definition) is 2. The zero-order valence-corrected chi connectivity index (χ0v) is 13.6. The highest BCUT2D eigenvalue weighted by molar-refractivity contribution is 5.80. The Morgan fingerprint density at radius 1 is 1.43 bits per heavy atom. The highest BCUT2D eigenvalue weighted by Crippen LogP contribution is 2.44. The second kappa shape index (κ2) is 6.08. The summed E-state index contributed by atoms with van der Waals surface area (Å²) >= 11 is 0. The van der Waals surface area contributed by atoms with Crippen molar-refractivity contribution in [3.63, 3.8) is 0 Å². The standard InChI is InChI=1S/C18H27NO2/c1-5-6-10-16(17(20)21)19-15-11-8-7-9-14(15)13(2)12-18(19,3)4/h7-9,11,13,16H,5-6,10,12H2,1-4H3,(H,20,21)/t13-,16+/m0/s1. The summed E-state index contributed by atoms with van der Waals surface area (Å²) in [6, 6.07) is 7.84. The Morgan fingerprint density at radius 3 is 2.71 bits per heavy atom. The predicted molar refractivity (Wildman–Crippen MR) is 87.0 cm³/mol. The zero-order chi connectivity index (χ0) is 15.6. The number of carbonyl (C=O) groups is 1. The van der Waals surface area contributed by atoms with E-state index in [0.717, 1.165) is 24.9 Å². The van der Waals surface area contributed by atoms with Crippen LogP contribution >= 0.6 is 0 Å². The molecule has 1 N–H and O–H groups in total. The maximum absolute atomic E-state index is 11.8. The number of unbranched alkanes of at least 4 members (excludes halogenated alkanes) is 1. The quantitative estimate of drug-likeness (QED) is 0.872. The van der Waals surface area contributed by atoms with Gasteiger partial charge in [-0.1, -0.05) is 44.9 Å². The number of carboxylic acids is 1. The molecule has 1 aliphatic heterocycles. The topological polar surface area (TPSA) is 40.5 Å². The molecule has 0 spiro atoms. The first-order valence-electron chi connectivity index (χ1n) is 7.99. The van der Waals surface area contributed by atoms with E-state index in [-0.39, 0.29) is 5.54 Å². The second-order valence-corrected chi connectivity index (χ2v) is 6.84. The Kier molecular flexibility index (Phi) is 4.60. The molecule has 0 aromatic heterocycles. The second-order valence-electron chi connectivity index (χ2n) is 6.84. The number of benzene rings is 1. The predicted octanol–water partition coefficient (Wildman–Crippen LogP) is 4.42. The first kappa shape index (κ1) is 15.9. The van der Waals surface area contributed by atoms with E-state index in [1.807, 2.05) is 12.1 Å². The Balaban J connectivity index is 2.47. The summed E-state index contributed by atoms with van der Waals surface area (Å²) < 4.78 is 0. The SMILES string of the molecule is CCCC[C@H](C(=O)O)N1c2ccccc2[C@@H](C)CC1(C)C. The molecule has 21 heavy (non-hydrogen) atoms. The van der Waals surface area contributed by atoms with Gasteiger partial charge >= 0.3 is 5.97 Å². The monoisotopic (exact) mass is 289 g/mol. The lowest BCUT2D eigenvalue weighted by Crippen LogP contribution is -2.56. The number of rotatable bonds is 5. The minimum atomic E-state index is -0.708. The zero-order valence-electron chi connectivity index (χ0n) is 13.6. The molecule has 2 atom stereocenters. The summed E-state index contributed by atoms with van der Waals surface area (Å²) in [5.41, 5.74) is 2.24. The smallest absolute Gasteiger partial charge is 0.326 e. The molecule has 3 nitrogen and oxygen atoms in total. The van der Waals surface area contributed by atoms with E-state index in [9.17, 15) is 9.90 Å². The van der Waals surface area contributed by atoms with Gasteiger partial charge in [-0.05, 0) is 44.2 Å². The first-order chi connectivity index (χ1) is 9.88. The fraction of sp³-hybridized carbons (Fsp3) is 0.611. The van der Waals surface area contributed by atoms with Crippen LogP contribution in [-0.2, 0) is 4.79 Å². The molecular formula is C18H27NO2. The summed E-state index contributed by atoms with van der Waals surface area (Å²) in [4.78, 5) is 14.0. The lowest BCUT2D eigenvalue weighted by Gasteiger charge is -2.50. The molecule has 116 valence electrons. The van der Waals surface area contributed by atoms with Crippen LogP contribution in [0.5, 0.6) is 0 Å². The molecule has 1 aromatic rings. The van der Waals surface area contributed by atoms with Gasteiger partial charge in [0.25, 0.3) is 0 Å². The molecule has 1 aliphatic rings. The third-order valence-corrected chi connectivity index (χ3v) is 4.61. The van der Waals surface area contributed by atoms with Crippen molar-refractivity contribution in [2.24, 2.45) is 0 Å². The molecule has 0 radical (unpaired) electrons. The van der Waals surface area contributed by atoms with Gasteiger partial charge in [0.1, 0.15) is 6.04 Å². The molecule has 0 unspecified atom stereocenters. The van der Waals surface area contributed by atoms with Crippen molar-refractivity contribution in [1.29, 1.82) is 0 Å². The molecule has 0 saturated heterocycles. The minimum absolute atomic E-state index is 0.134. The van der Waals surface area contributed by atoms with Crippen molar-refractivity contribution in [3.8, 4) is 0 Å². The summed E-state index contributed by atoms with van der Waals surface area (Å²) in [5, 5.41) is 9.73. The third-order valence-electron chi connectivity index (χ3n) is 4.61. The number of carboxylic acid groups (broad SMARTS) is 1. The van der Waals surface area contributed by atoms with E-state index in [1.165, 1.54) is 5.56 Å². The Bertz CT molecular complexity index is 510. The lowest BCUT2D eigenvalue weighted by molar-refractivity contribution is -0.139. The Hall–Kier alpha value is -1.51. The van der Waals surface area contributed by atoms with Crippen LogP contribution in [0.25, 0.3) is 0 Å². The van der Waals surface area contributed by atoms with E-state index >= 15 is 0 Å². The van der Waals surface area contributed by atoms with Crippen molar-refractivity contribution < 1.29 is 9.90 Å². The molecule has 0 fully saturated rings. The summed E-state index contributed by atoms with van der Waals surface area (Å²) in [6.07, 6.45) is 3.66. The van der Waals surface area contributed by atoms with E-state index < -0.39 is 12.0 Å². The molecule has 0 bridgehead atoms. The van der Waals surface area contributed by atoms with Crippen molar-refractivity contribution in [3.05, 3.63) is 29.8 Å². The molecule has 3 heteroatoms. The maximum atomic E-state index is 11.8. The third kappa shape index (κ3) is 3.07. The minimum Gasteiger partial charge on any atom is -0.480 e. The van der Waals surface area contributed by atoms with Gasteiger partial charge in [0.15, 0.2) is 0 Å². The van der Waals surface area contributed by atoms with Crippen LogP contribution in [0.3, 0.4) is 0 Å². The van der Waals surface area contributed by atoms with E-state index in [2.05, 4.69) is 44.7 Å². The molecule has 2 rings (SSSR count). The van der Waals surface area contributed by atoms with Gasteiger partial charge in [-0.25, -0.2) is 4.79 Å². The molecule has 0 amide bonds. The lowest BCUT2D eigenvalue weighted by atomic mass is 9.78. The Labute approximate surface area is 128 Å². The maximum Gasteiger partial charge on any atom is 0.326 e. The summed E-state index contributed by atoms with van der Waals surface area (Å²) in [7, 11) is 0. The van der Waals surface area contributed by atoms with E-state index in [0.29, 0.717) is 12.3 Å². The van der Waals surface area contributed by atoms with Crippen molar-refractivity contribution in [2.75, 3.05) is 4.90 Å². The Morgan fingerprint density at radius 2 is 2.10 bits per heavy atom. The van der Waals surface area contributed by atoms with Gasteiger partial charge in [0.05, 0.1) is 0 Å². The summed E-state index contributed by atoms with van der Waals surface area (Å²) in [5.74, 6) is -0.242. The van der Waals surface area contributed by atoms with Gasteiger partial charge in [-0.2, -0.15) is 0 Å². The fourth-order valence-corrected chi connectivity index (χ4v) is 3.76. The van der Waals surface area contributed by atoms with Crippen LogP contribution in [0, 0.1) is 0 Å². The highest BCUT2D eigenvalue weighted by atomic mass is 16.4. The van der Waals surface area contributed by atoms with Crippen LogP contribution in [-0.4, -0.2) is 22.7 Å². The summed E-state index contributed by atoms with van der Waals surface area (Å²) in [6.45, 7) is 8.68. The number of fused-ring (bicyclic) bond motifs is 1. The largest absolute Gasteiger partial charge is 0.480 e. The van der Waals surface area contributed by atoms with Crippen LogP contribution in [0.15, 0.2) is 24.3 Å².